The molecule has 1 heterocycles. The SMILES string of the molecule is Cc1ccc(-c2ccc(C=NNC(=O)c3ccc([N+](=O)[O-])cc3)o2)cc1. The van der Waals surface area contributed by atoms with Crippen molar-refractivity contribution in [2.45, 2.75) is 6.92 Å². The molecule has 3 aromatic rings. The third-order valence-electron chi connectivity index (χ3n) is 3.66. The first kappa shape index (κ1) is 17.1. The Kier molecular flexibility index (Phi) is 4.89. The van der Waals surface area contributed by atoms with E-state index in [1.54, 1.807) is 6.07 Å². The standard InChI is InChI=1S/C19H15N3O4/c1-13-2-4-14(5-3-13)18-11-10-17(26-18)12-20-21-19(23)15-6-8-16(9-7-15)22(24)25/h2-12H,1H3,(H,21,23). The summed E-state index contributed by atoms with van der Waals surface area (Å²) in [4.78, 5) is 22.0. The number of nitro groups is 1. The molecular weight excluding hydrogens is 334 g/mol. The molecule has 0 unspecified atom stereocenters. The average Bonchev–Trinajstić information content (AvgIpc) is 3.11. The lowest BCUT2D eigenvalue weighted by molar-refractivity contribution is -0.384. The molecule has 0 saturated carbocycles. The minimum Gasteiger partial charge on any atom is -0.455 e. The summed E-state index contributed by atoms with van der Waals surface area (Å²) in [6.07, 6.45) is 1.39. The molecule has 0 aliphatic rings. The number of benzene rings is 2. The summed E-state index contributed by atoms with van der Waals surface area (Å²) in [6, 6.07) is 16.7. The molecule has 0 fully saturated rings. The van der Waals surface area contributed by atoms with E-state index in [-0.39, 0.29) is 11.3 Å². The Balaban J connectivity index is 1.62. The van der Waals surface area contributed by atoms with Crippen LogP contribution < -0.4 is 5.43 Å². The van der Waals surface area contributed by atoms with E-state index < -0.39 is 10.8 Å². The van der Waals surface area contributed by atoms with Crippen LogP contribution in [0.25, 0.3) is 11.3 Å². The average molecular weight is 349 g/mol. The quantitative estimate of drug-likeness (QED) is 0.429. The predicted molar refractivity (Wildman–Crippen MR) is 97.0 cm³/mol. The van der Waals surface area contributed by atoms with E-state index in [1.165, 1.54) is 30.5 Å². The minimum absolute atomic E-state index is 0.0794. The summed E-state index contributed by atoms with van der Waals surface area (Å²) in [5.41, 5.74) is 4.66. The molecule has 2 aromatic carbocycles. The molecule has 1 aromatic heterocycles. The van der Waals surface area contributed by atoms with Crippen LogP contribution in [0.5, 0.6) is 0 Å². The number of hydrazone groups is 1. The van der Waals surface area contributed by atoms with Crippen molar-refractivity contribution < 1.29 is 14.1 Å². The molecule has 1 N–H and O–H groups in total. The highest BCUT2D eigenvalue weighted by molar-refractivity contribution is 5.94. The topological polar surface area (TPSA) is 97.7 Å². The van der Waals surface area contributed by atoms with Crippen LogP contribution in [0.3, 0.4) is 0 Å². The van der Waals surface area contributed by atoms with Gasteiger partial charge >= 0.3 is 0 Å². The van der Waals surface area contributed by atoms with Gasteiger partial charge in [0.2, 0.25) is 0 Å². The number of rotatable bonds is 5. The van der Waals surface area contributed by atoms with Gasteiger partial charge in [-0.25, -0.2) is 5.43 Å². The molecule has 7 nitrogen and oxygen atoms in total. The van der Waals surface area contributed by atoms with Crippen LogP contribution in [0.2, 0.25) is 0 Å². The van der Waals surface area contributed by atoms with Gasteiger partial charge in [-0.1, -0.05) is 29.8 Å². The molecule has 0 aliphatic heterocycles. The molecule has 1 amide bonds. The van der Waals surface area contributed by atoms with Gasteiger partial charge in [0.05, 0.1) is 11.1 Å². The zero-order chi connectivity index (χ0) is 18.5. The van der Waals surface area contributed by atoms with Gasteiger partial charge in [-0.05, 0) is 31.2 Å². The number of carbonyl (C=O) groups excluding carboxylic acids is 1. The molecule has 0 radical (unpaired) electrons. The van der Waals surface area contributed by atoms with Gasteiger partial charge in [-0.3, -0.25) is 14.9 Å². The van der Waals surface area contributed by atoms with E-state index in [9.17, 15) is 14.9 Å². The Hall–Kier alpha value is -3.74. The highest BCUT2D eigenvalue weighted by atomic mass is 16.6. The number of hydrogen-bond acceptors (Lipinski definition) is 5. The summed E-state index contributed by atoms with van der Waals surface area (Å²) in [6.45, 7) is 2.01. The van der Waals surface area contributed by atoms with Gasteiger partial charge in [0.15, 0.2) is 0 Å². The Bertz CT molecular complexity index is 957. The second kappa shape index (κ2) is 7.43. The Morgan fingerprint density at radius 1 is 1.08 bits per heavy atom. The second-order valence-electron chi connectivity index (χ2n) is 5.57. The van der Waals surface area contributed by atoms with Crippen LogP contribution >= 0.6 is 0 Å². The first-order valence-electron chi connectivity index (χ1n) is 7.78. The number of non-ortho nitro benzene ring substituents is 1. The van der Waals surface area contributed by atoms with E-state index in [0.717, 1.165) is 11.1 Å². The predicted octanol–water partition coefficient (Wildman–Crippen LogP) is 3.93. The molecular formula is C19H15N3O4. The molecule has 0 atom stereocenters. The smallest absolute Gasteiger partial charge is 0.271 e. The number of nitrogens with zero attached hydrogens (tertiary/aromatic N) is 2. The number of carbonyl (C=O) groups is 1. The first-order valence-corrected chi connectivity index (χ1v) is 7.78. The normalized spacial score (nSPS) is 10.8. The molecule has 7 heteroatoms. The van der Waals surface area contributed by atoms with Crippen molar-refractivity contribution in [3.05, 3.63) is 87.7 Å². The van der Waals surface area contributed by atoms with E-state index in [1.807, 2.05) is 37.3 Å². The van der Waals surface area contributed by atoms with Crippen LogP contribution in [0.4, 0.5) is 5.69 Å². The van der Waals surface area contributed by atoms with Crippen molar-refractivity contribution in [3.63, 3.8) is 0 Å². The van der Waals surface area contributed by atoms with Crippen molar-refractivity contribution in [1.29, 1.82) is 0 Å². The fourth-order valence-electron chi connectivity index (χ4n) is 2.25. The lowest BCUT2D eigenvalue weighted by atomic mass is 10.1. The third kappa shape index (κ3) is 4.02. The van der Waals surface area contributed by atoms with Gasteiger partial charge in [0, 0.05) is 23.3 Å². The third-order valence-corrected chi connectivity index (χ3v) is 3.66. The van der Waals surface area contributed by atoms with Crippen LogP contribution in [0.1, 0.15) is 21.7 Å². The van der Waals surface area contributed by atoms with Gasteiger partial charge in [0.1, 0.15) is 11.5 Å². The summed E-state index contributed by atoms with van der Waals surface area (Å²) in [5, 5.41) is 14.4. The van der Waals surface area contributed by atoms with Crippen molar-refractivity contribution >= 4 is 17.8 Å². The van der Waals surface area contributed by atoms with Gasteiger partial charge in [-0.2, -0.15) is 5.10 Å². The van der Waals surface area contributed by atoms with Crippen molar-refractivity contribution in [2.24, 2.45) is 5.10 Å². The maximum atomic E-state index is 11.9. The van der Waals surface area contributed by atoms with Crippen molar-refractivity contribution in [2.75, 3.05) is 0 Å². The molecule has 3 rings (SSSR count). The fourth-order valence-corrected chi connectivity index (χ4v) is 2.25. The summed E-state index contributed by atoms with van der Waals surface area (Å²) in [7, 11) is 0. The van der Waals surface area contributed by atoms with E-state index in [4.69, 9.17) is 4.42 Å². The number of hydrogen-bond donors (Lipinski definition) is 1. The van der Waals surface area contributed by atoms with E-state index >= 15 is 0 Å². The maximum Gasteiger partial charge on any atom is 0.271 e. The summed E-state index contributed by atoms with van der Waals surface area (Å²) in [5.74, 6) is 0.721. The largest absolute Gasteiger partial charge is 0.455 e. The summed E-state index contributed by atoms with van der Waals surface area (Å²) < 4.78 is 5.66. The lowest BCUT2D eigenvalue weighted by Gasteiger charge is -1.99. The molecule has 0 saturated heterocycles. The number of nitrogens with one attached hydrogen (secondary N) is 1. The van der Waals surface area contributed by atoms with Gasteiger partial charge in [-0.15, -0.1) is 0 Å². The van der Waals surface area contributed by atoms with Gasteiger partial charge < -0.3 is 4.42 Å². The van der Waals surface area contributed by atoms with E-state index in [0.29, 0.717) is 11.5 Å². The Labute approximate surface area is 149 Å². The minimum atomic E-state index is -0.525. The zero-order valence-corrected chi connectivity index (χ0v) is 13.9. The Morgan fingerprint density at radius 2 is 1.77 bits per heavy atom. The maximum absolute atomic E-state index is 11.9. The molecule has 0 spiro atoms. The van der Waals surface area contributed by atoms with Crippen molar-refractivity contribution in [3.8, 4) is 11.3 Å². The highest BCUT2D eigenvalue weighted by Crippen LogP contribution is 2.21. The first-order chi connectivity index (χ1) is 12.5. The molecule has 0 aliphatic carbocycles. The molecule has 0 bridgehead atoms. The second-order valence-corrected chi connectivity index (χ2v) is 5.57. The van der Waals surface area contributed by atoms with Crippen LogP contribution in [0, 0.1) is 17.0 Å². The molecule has 130 valence electrons. The monoisotopic (exact) mass is 349 g/mol. The summed E-state index contributed by atoms with van der Waals surface area (Å²) >= 11 is 0. The highest BCUT2D eigenvalue weighted by Gasteiger charge is 2.09. The number of aryl methyl sites for hydroxylation is 1. The lowest BCUT2D eigenvalue weighted by Crippen LogP contribution is -2.17. The van der Waals surface area contributed by atoms with Crippen LogP contribution in [0.15, 0.2) is 70.2 Å². The molecule has 26 heavy (non-hydrogen) atoms. The number of amides is 1. The van der Waals surface area contributed by atoms with Crippen LogP contribution in [-0.2, 0) is 0 Å². The fraction of sp³-hybridized carbons (Fsp3) is 0.0526. The van der Waals surface area contributed by atoms with Crippen LogP contribution in [-0.4, -0.2) is 17.0 Å². The van der Waals surface area contributed by atoms with E-state index in [2.05, 4.69) is 10.5 Å². The Morgan fingerprint density at radius 3 is 2.42 bits per heavy atom. The van der Waals surface area contributed by atoms with Gasteiger partial charge in [0.25, 0.3) is 11.6 Å². The number of furan rings is 1. The van der Waals surface area contributed by atoms with Crippen molar-refractivity contribution in [1.82, 2.24) is 5.43 Å². The number of nitro benzene ring substituents is 1. The zero-order valence-electron chi connectivity index (χ0n) is 13.9.